The summed E-state index contributed by atoms with van der Waals surface area (Å²) in [7, 11) is 0. The van der Waals surface area contributed by atoms with Crippen LogP contribution in [0.1, 0.15) is 48.6 Å². The molecule has 0 spiro atoms. The van der Waals surface area contributed by atoms with E-state index in [2.05, 4.69) is 268 Å². The summed E-state index contributed by atoms with van der Waals surface area (Å²) >= 11 is 0. The van der Waals surface area contributed by atoms with Crippen LogP contribution in [0, 0.1) is 0 Å². The molecule has 0 saturated carbocycles. The van der Waals surface area contributed by atoms with Gasteiger partial charge in [0.1, 0.15) is 0 Å². The number of para-hydroxylation sites is 1. The Morgan fingerprint density at radius 2 is 0.788 bits per heavy atom. The summed E-state index contributed by atoms with van der Waals surface area (Å²) in [6.07, 6.45) is 0. The zero-order valence-electron chi connectivity index (χ0n) is 37.5. The summed E-state index contributed by atoms with van der Waals surface area (Å²) in [5, 5.41) is 0. The van der Waals surface area contributed by atoms with E-state index in [1.807, 2.05) is 0 Å². The molecule has 2 aliphatic rings. The normalized spacial score (nSPS) is 15.1. The summed E-state index contributed by atoms with van der Waals surface area (Å²) in [6, 6.07) is 89.8. The van der Waals surface area contributed by atoms with Crippen LogP contribution in [-0.2, 0) is 10.8 Å². The van der Waals surface area contributed by atoms with Gasteiger partial charge in [0.25, 0.3) is 0 Å². The van der Waals surface area contributed by atoms with Crippen molar-refractivity contribution in [3.63, 3.8) is 0 Å². The van der Waals surface area contributed by atoms with E-state index in [4.69, 9.17) is 0 Å². The first-order valence-electron chi connectivity index (χ1n) is 23.2. The SMILES string of the molecule is CC1(C)c2ccccc2-c2cccc(-c3cccc(N(c4ccc5c(c4)C(C)(c4ccccc4)c4ccccc4-5)c4ccccc4-c4ccc(-c5ccccc5)c(-c5ccccc5)c4)c3)c21. The molecule has 314 valence electrons. The number of benzene rings is 10. The Kier molecular flexibility index (Phi) is 9.36. The van der Waals surface area contributed by atoms with Crippen LogP contribution in [0.3, 0.4) is 0 Å². The first-order valence-corrected chi connectivity index (χ1v) is 23.2. The summed E-state index contributed by atoms with van der Waals surface area (Å²) in [4.78, 5) is 2.50. The van der Waals surface area contributed by atoms with Gasteiger partial charge in [-0.25, -0.2) is 0 Å². The van der Waals surface area contributed by atoms with Crippen LogP contribution < -0.4 is 4.90 Å². The van der Waals surface area contributed by atoms with Crippen molar-refractivity contribution in [3.05, 3.63) is 270 Å². The van der Waals surface area contributed by atoms with E-state index in [0.717, 1.165) is 28.2 Å². The summed E-state index contributed by atoms with van der Waals surface area (Å²) < 4.78 is 0. The van der Waals surface area contributed by atoms with Crippen LogP contribution in [0.15, 0.2) is 243 Å². The average Bonchev–Trinajstić information content (AvgIpc) is 3.78. The molecule has 0 fully saturated rings. The van der Waals surface area contributed by atoms with Crippen molar-refractivity contribution in [3.8, 4) is 66.8 Å². The van der Waals surface area contributed by atoms with Gasteiger partial charge in [0, 0.05) is 27.8 Å². The molecule has 1 unspecified atom stereocenters. The van der Waals surface area contributed by atoms with Crippen molar-refractivity contribution in [1.82, 2.24) is 0 Å². The lowest BCUT2D eigenvalue weighted by molar-refractivity contribution is 0.662. The molecule has 1 atom stereocenters. The second-order valence-corrected chi connectivity index (χ2v) is 18.6. The summed E-state index contributed by atoms with van der Waals surface area (Å²) in [5.41, 5.74) is 24.4. The van der Waals surface area contributed by atoms with Crippen LogP contribution in [0.25, 0.3) is 66.8 Å². The number of fused-ring (bicyclic) bond motifs is 6. The van der Waals surface area contributed by atoms with Crippen LogP contribution in [0.4, 0.5) is 17.1 Å². The Balaban J connectivity index is 1.08. The third-order valence-electron chi connectivity index (χ3n) is 14.5. The lowest BCUT2D eigenvalue weighted by Gasteiger charge is -2.32. The van der Waals surface area contributed by atoms with Crippen LogP contribution >= 0.6 is 0 Å². The van der Waals surface area contributed by atoms with E-state index >= 15 is 0 Å². The molecule has 0 bridgehead atoms. The Bertz CT molecular complexity index is 3450. The van der Waals surface area contributed by atoms with Crippen LogP contribution in [0.2, 0.25) is 0 Å². The van der Waals surface area contributed by atoms with Gasteiger partial charge in [-0.15, -0.1) is 0 Å². The molecule has 0 radical (unpaired) electrons. The third-order valence-corrected chi connectivity index (χ3v) is 14.5. The van der Waals surface area contributed by atoms with Crippen molar-refractivity contribution in [2.24, 2.45) is 0 Å². The number of hydrogen-bond acceptors (Lipinski definition) is 1. The standard InChI is InChI=1S/C65H49N/c1-64(2)59-34-16-13-31-55(59)57-33-20-32-53(63(57)64)46-25-19-28-49(41-46)66(50-38-40-56-54-30-14-17-35-60(54)65(3,61(56)43-50)48-26-11-6-12-27-48)62-36-18-15-29-52(62)47-37-39-51(44-21-7-4-8-22-44)58(42-47)45-23-9-5-10-24-45/h4-43H,1-3H3. The molecule has 10 aromatic carbocycles. The number of hydrogen-bond donors (Lipinski definition) is 0. The fourth-order valence-electron chi connectivity index (χ4n) is 11.4. The first-order chi connectivity index (χ1) is 32.4. The predicted octanol–water partition coefficient (Wildman–Crippen LogP) is 17.5. The monoisotopic (exact) mass is 843 g/mol. The maximum Gasteiger partial charge on any atom is 0.0540 e. The molecule has 0 aliphatic heterocycles. The van der Waals surface area contributed by atoms with Gasteiger partial charge in [0.05, 0.1) is 5.69 Å². The topological polar surface area (TPSA) is 3.24 Å². The van der Waals surface area contributed by atoms with E-state index < -0.39 is 0 Å². The second-order valence-electron chi connectivity index (χ2n) is 18.6. The lowest BCUT2D eigenvalue weighted by Crippen LogP contribution is -2.23. The molecule has 0 amide bonds. The molecule has 2 aliphatic carbocycles. The van der Waals surface area contributed by atoms with E-state index in [0.29, 0.717) is 0 Å². The van der Waals surface area contributed by atoms with Gasteiger partial charge in [0.2, 0.25) is 0 Å². The van der Waals surface area contributed by atoms with E-state index in [9.17, 15) is 0 Å². The molecule has 10 aromatic rings. The van der Waals surface area contributed by atoms with Crippen molar-refractivity contribution in [1.29, 1.82) is 0 Å². The number of anilines is 3. The highest BCUT2D eigenvalue weighted by atomic mass is 15.1. The van der Waals surface area contributed by atoms with Crippen LogP contribution in [0.5, 0.6) is 0 Å². The Hall–Kier alpha value is -8.00. The van der Waals surface area contributed by atoms with Gasteiger partial charge >= 0.3 is 0 Å². The highest BCUT2D eigenvalue weighted by molar-refractivity contribution is 5.95. The quantitative estimate of drug-likeness (QED) is 0.147. The van der Waals surface area contributed by atoms with Crippen molar-refractivity contribution >= 4 is 17.1 Å². The third kappa shape index (κ3) is 6.22. The molecule has 12 rings (SSSR count). The molecule has 0 heterocycles. The number of nitrogens with zero attached hydrogens (tertiary/aromatic N) is 1. The second kappa shape index (κ2) is 15.6. The average molecular weight is 844 g/mol. The predicted molar refractivity (Wildman–Crippen MR) is 278 cm³/mol. The fourth-order valence-corrected chi connectivity index (χ4v) is 11.4. The highest BCUT2D eigenvalue weighted by Crippen LogP contribution is 2.56. The minimum absolute atomic E-state index is 0.149. The first kappa shape index (κ1) is 39.6. The van der Waals surface area contributed by atoms with Gasteiger partial charge in [-0.3, -0.25) is 0 Å². The molecular formula is C65H49N. The van der Waals surface area contributed by atoms with Gasteiger partial charge < -0.3 is 4.90 Å². The highest BCUT2D eigenvalue weighted by Gasteiger charge is 2.41. The smallest absolute Gasteiger partial charge is 0.0540 e. The molecular weight excluding hydrogens is 795 g/mol. The molecule has 66 heavy (non-hydrogen) atoms. The zero-order valence-corrected chi connectivity index (χ0v) is 37.5. The minimum Gasteiger partial charge on any atom is -0.310 e. The zero-order chi connectivity index (χ0) is 44.4. The Morgan fingerprint density at radius 1 is 0.288 bits per heavy atom. The summed E-state index contributed by atoms with van der Waals surface area (Å²) in [5.74, 6) is 0. The van der Waals surface area contributed by atoms with Crippen molar-refractivity contribution in [2.75, 3.05) is 4.90 Å². The van der Waals surface area contributed by atoms with Crippen molar-refractivity contribution in [2.45, 2.75) is 31.6 Å². The molecule has 1 heteroatoms. The maximum absolute atomic E-state index is 2.50. The Labute approximate surface area is 389 Å². The van der Waals surface area contributed by atoms with Gasteiger partial charge in [-0.2, -0.15) is 0 Å². The van der Waals surface area contributed by atoms with Gasteiger partial charge in [-0.1, -0.05) is 220 Å². The minimum atomic E-state index is -0.348. The maximum atomic E-state index is 2.50. The Morgan fingerprint density at radius 3 is 1.53 bits per heavy atom. The largest absolute Gasteiger partial charge is 0.310 e. The van der Waals surface area contributed by atoms with E-state index in [1.54, 1.807) is 0 Å². The summed E-state index contributed by atoms with van der Waals surface area (Å²) in [6.45, 7) is 7.17. The fraction of sp³-hybridized carbons (Fsp3) is 0.0769. The van der Waals surface area contributed by atoms with Gasteiger partial charge in [0.15, 0.2) is 0 Å². The van der Waals surface area contributed by atoms with Crippen molar-refractivity contribution < 1.29 is 0 Å². The molecule has 1 nitrogen and oxygen atoms in total. The number of rotatable bonds is 8. The van der Waals surface area contributed by atoms with E-state index in [1.165, 1.54) is 83.5 Å². The molecule has 0 aromatic heterocycles. The van der Waals surface area contributed by atoms with Crippen LogP contribution in [-0.4, -0.2) is 0 Å². The molecule has 0 saturated heterocycles. The van der Waals surface area contributed by atoms with E-state index in [-0.39, 0.29) is 10.8 Å². The molecule has 0 N–H and O–H groups in total. The lowest BCUT2D eigenvalue weighted by atomic mass is 9.74. The van der Waals surface area contributed by atoms with Gasteiger partial charge in [-0.05, 0) is 132 Å².